The van der Waals surface area contributed by atoms with Crippen LogP contribution in [0.25, 0.3) is 0 Å². The van der Waals surface area contributed by atoms with Gasteiger partial charge in [-0.25, -0.2) is 0 Å². The summed E-state index contributed by atoms with van der Waals surface area (Å²) in [5.74, 6) is 0.764. The largest absolute Gasteiger partial charge is 0.333 e. The molecule has 1 aliphatic rings. The van der Waals surface area contributed by atoms with E-state index in [4.69, 9.17) is 0 Å². The summed E-state index contributed by atoms with van der Waals surface area (Å²) in [5, 5.41) is 2.88. The van der Waals surface area contributed by atoms with Gasteiger partial charge in [0.1, 0.15) is 5.82 Å². The molecule has 1 aromatic rings. The minimum absolute atomic E-state index is 0.0449. The van der Waals surface area contributed by atoms with Crippen molar-refractivity contribution < 1.29 is 0 Å². The van der Waals surface area contributed by atoms with Gasteiger partial charge in [0.25, 0.3) is 5.56 Å². The standard InChI is InChI=1S/C8H9N3O/c1-5-2-6-3-9-4-10-7(6)11-8(5)12/h2,4H,3H2,1H3,(H2,9,10,11,12). The molecule has 0 saturated carbocycles. The Labute approximate surface area is 69.3 Å². The Kier molecular flexibility index (Phi) is 1.46. The van der Waals surface area contributed by atoms with Crippen LogP contribution in [0.3, 0.4) is 0 Å². The molecular formula is C8H9N3O. The van der Waals surface area contributed by atoms with E-state index in [0.717, 1.165) is 16.9 Å². The fraction of sp³-hybridized carbons (Fsp3) is 0.250. The van der Waals surface area contributed by atoms with Gasteiger partial charge in [-0.05, 0) is 13.0 Å². The van der Waals surface area contributed by atoms with Crippen LogP contribution >= 0.6 is 0 Å². The Morgan fingerprint density at radius 3 is 3.25 bits per heavy atom. The minimum Gasteiger partial charge on any atom is -0.333 e. The van der Waals surface area contributed by atoms with E-state index in [1.165, 1.54) is 0 Å². The number of hydrogen-bond donors (Lipinski definition) is 2. The van der Waals surface area contributed by atoms with Gasteiger partial charge >= 0.3 is 0 Å². The van der Waals surface area contributed by atoms with Crippen molar-refractivity contribution in [2.24, 2.45) is 4.99 Å². The lowest BCUT2D eigenvalue weighted by atomic mass is 10.2. The monoisotopic (exact) mass is 163 g/mol. The van der Waals surface area contributed by atoms with Crippen LogP contribution in [0.1, 0.15) is 11.1 Å². The Morgan fingerprint density at radius 1 is 1.58 bits per heavy atom. The topological polar surface area (TPSA) is 57.2 Å². The van der Waals surface area contributed by atoms with Crippen LogP contribution < -0.4 is 10.9 Å². The molecule has 62 valence electrons. The summed E-state index contributed by atoms with van der Waals surface area (Å²) in [7, 11) is 0. The van der Waals surface area contributed by atoms with Gasteiger partial charge in [0.2, 0.25) is 0 Å². The Hall–Kier alpha value is -1.58. The van der Waals surface area contributed by atoms with Crippen LogP contribution in [-0.4, -0.2) is 11.3 Å². The molecule has 2 rings (SSSR count). The zero-order chi connectivity index (χ0) is 8.55. The van der Waals surface area contributed by atoms with Gasteiger partial charge in [-0.15, -0.1) is 0 Å². The van der Waals surface area contributed by atoms with Gasteiger partial charge in [0, 0.05) is 11.1 Å². The lowest BCUT2D eigenvalue weighted by molar-refractivity contribution is 1.01. The molecule has 1 aromatic heterocycles. The molecule has 0 aromatic carbocycles. The predicted octanol–water partition coefficient (Wildman–Crippen LogP) is 0.637. The first-order chi connectivity index (χ1) is 5.77. The maximum Gasteiger partial charge on any atom is 0.252 e. The van der Waals surface area contributed by atoms with E-state index in [1.54, 1.807) is 13.3 Å². The smallest absolute Gasteiger partial charge is 0.252 e. The second kappa shape index (κ2) is 2.48. The van der Waals surface area contributed by atoms with Crippen molar-refractivity contribution in [3.05, 3.63) is 27.5 Å². The first kappa shape index (κ1) is 7.09. The van der Waals surface area contributed by atoms with E-state index in [2.05, 4.69) is 15.3 Å². The van der Waals surface area contributed by atoms with Gasteiger partial charge < -0.3 is 10.3 Å². The summed E-state index contributed by atoms with van der Waals surface area (Å²) in [6.45, 7) is 2.43. The summed E-state index contributed by atoms with van der Waals surface area (Å²) in [6.07, 6.45) is 1.59. The lowest BCUT2D eigenvalue weighted by Gasteiger charge is -2.11. The molecule has 2 N–H and O–H groups in total. The third-order valence-corrected chi connectivity index (χ3v) is 1.87. The number of aryl methyl sites for hydroxylation is 1. The molecule has 0 radical (unpaired) electrons. The number of aliphatic imine (C=N–C) groups is 1. The third-order valence-electron chi connectivity index (χ3n) is 1.87. The zero-order valence-corrected chi connectivity index (χ0v) is 6.72. The van der Waals surface area contributed by atoms with Gasteiger partial charge in [0.15, 0.2) is 0 Å². The molecule has 0 bridgehead atoms. The second-order valence-electron chi connectivity index (χ2n) is 2.80. The van der Waals surface area contributed by atoms with Crippen LogP contribution in [-0.2, 0) is 6.54 Å². The molecular weight excluding hydrogens is 154 g/mol. The SMILES string of the molecule is Cc1cc2c([nH]c1=O)NC=NC2. The molecule has 0 atom stereocenters. The van der Waals surface area contributed by atoms with Crippen molar-refractivity contribution in [2.75, 3.05) is 5.32 Å². The fourth-order valence-electron chi connectivity index (χ4n) is 1.20. The Morgan fingerprint density at radius 2 is 2.42 bits per heavy atom. The molecule has 1 aliphatic heterocycles. The maximum atomic E-state index is 11.2. The summed E-state index contributed by atoms with van der Waals surface area (Å²) < 4.78 is 0. The highest BCUT2D eigenvalue weighted by Gasteiger charge is 2.06. The van der Waals surface area contributed by atoms with Gasteiger partial charge in [-0.2, -0.15) is 0 Å². The predicted molar refractivity (Wildman–Crippen MR) is 47.6 cm³/mol. The van der Waals surface area contributed by atoms with Crippen molar-refractivity contribution in [3.63, 3.8) is 0 Å². The van der Waals surface area contributed by atoms with Crippen molar-refractivity contribution in [1.29, 1.82) is 0 Å². The third kappa shape index (κ3) is 1.01. The zero-order valence-electron chi connectivity index (χ0n) is 6.72. The first-order valence-corrected chi connectivity index (χ1v) is 3.75. The van der Waals surface area contributed by atoms with Gasteiger partial charge in [0.05, 0.1) is 12.9 Å². The first-order valence-electron chi connectivity index (χ1n) is 3.75. The van der Waals surface area contributed by atoms with Crippen molar-refractivity contribution >= 4 is 12.2 Å². The maximum absolute atomic E-state index is 11.2. The lowest BCUT2D eigenvalue weighted by Crippen LogP contribution is -2.16. The molecule has 4 heteroatoms. The van der Waals surface area contributed by atoms with Crippen molar-refractivity contribution in [3.8, 4) is 0 Å². The molecule has 0 unspecified atom stereocenters. The van der Waals surface area contributed by atoms with E-state index in [9.17, 15) is 4.79 Å². The number of H-pyrrole nitrogens is 1. The molecule has 4 nitrogen and oxygen atoms in total. The van der Waals surface area contributed by atoms with Crippen molar-refractivity contribution in [1.82, 2.24) is 4.98 Å². The average molecular weight is 163 g/mol. The van der Waals surface area contributed by atoms with Crippen LogP contribution in [0.2, 0.25) is 0 Å². The molecule has 0 amide bonds. The normalized spacial score (nSPS) is 13.8. The van der Waals surface area contributed by atoms with E-state index in [0.29, 0.717) is 6.54 Å². The number of anilines is 1. The summed E-state index contributed by atoms with van der Waals surface area (Å²) in [5.41, 5.74) is 1.72. The summed E-state index contributed by atoms with van der Waals surface area (Å²) in [4.78, 5) is 17.9. The van der Waals surface area contributed by atoms with Crippen LogP contribution in [0.4, 0.5) is 5.82 Å². The Bertz CT molecular complexity index is 392. The van der Waals surface area contributed by atoms with E-state index in [-0.39, 0.29) is 5.56 Å². The number of rotatable bonds is 0. The van der Waals surface area contributed by atoms with E-state index >= 15 is 0 Å². The number of aromatic nitrogens is 1. The van der Waals surface area contributed by atoms with E-state index < -0.39 is 0 Å². The molecule has 0 aliphatic carbocycles. The number of hydrogen-bond acceptors (Lipinski definition) is 3. The highest BCUT2D eigenvalue weighted by atomic mass is 16.1. The molecule has 2 heterocycles. The number of fused-ring (bicyclic) bond motifs is 1. The van der Waals surface area contributed by atoms with E-state index in [1.807, 2.05) is 6.07 Å². The number of nitrogens with one attached hydrogen (secondary N) is 2. The van der Waals surface area contributed by atoms with Crippen LogP contribution in [0.15, 0.2) is 15.9 Å². The van der Waals surface area contributed by atoms with Gasteiger partial charge in [-0.1, -0.05) is 0 Å². The number of aromatic amines is 1. The average Bonchev–Trinajstić information content (AvgIpc) is 2.07. The fourth-order valence-corrected chi connectivity index (χ4v) is 1.20. The summed E-state index contributed by atoms with van der Waals surface area (Å²) in [6, 6.07) is 1.86. The second-order valence-corrected chi connectivity index (χ2v) is 2.80. The molecule has 0 spiro atoms. The van der Waals surface area contributed by atoms with Gasteiger partial charge in [-0.3, -0.25) is 9.79 Å². The van der Waals surface area contributed by atoms with Crippen molar-refractivity contribution in [2.45, 2.75) is 13.5 Å². The highest BCUT2D eigenvalue weighted by molar-refractivity contribution is 5.77. The van der Waals surface area contributed by atoms with Crippen LogP contribution in [0.5, 0.6) is 0 Å². The summed E-state index contributed by atoms with van der Waals surface area (Å²) >= 11 is 0. The minimum atomic E-state index is -0.0449. The highest BCUT2D eigenvalue weighted by Crippen LogP contribution is 2.14. The Balaban J connectivity index is 2.60. The van der Waals surface area contributed by atoms with Crippen LogP contribution in [0, 0.1) is 6.92 Å². The number of nitrogens with zero attached hydrogens (tertiary/aromatic N) is 1. The molecule has 0 saturated heterocycles. The molecule has 12 heavy (non-hydrogen) atoms. The molecule has 0 fully saturated rings. The number of pyridine rings is 1. The quantitative estimate of drug-likeness (QED) is 0.589.